The number of likely N-dealkylation sites (tertiary alicyclic amines) is 1. The predicted octanol–water partition coefficient (Wildman–Crippen LogP) is 3.59. The van der Waals surface area contributed by atoms with Gasteiger partial charge in [-0.05, 0) is 49.3 Å². The van der Waals surface area contributed by atoms with Crippen LogP contribution in [0, 0.1) is 11.2 Å². The molecule has 1 aliphatic heterocycles. The van der Waals surface area contributed by atoms with E-state index >= 15 is 0 Å². The maximum Gasteiger partial charge on any atom is 0.253 e. The van der Waals surface area contributed by atoms with Crippen LogP contribution in [0.5, 0.6) is 0 Å². The molecule has 1 amide bonds. The van der Waals surface area contributed by atoms with Crippen molar-refractivity contribution in [1.29, 1.82) is 0 Å². The van der Waals surface area contributed by atoms with Gasteiger partial charge >= 0.3 is 0 Å². The summed E-state index contributed by atoms with van der Waals surface area (Å²) in [5.41, 5.74) is 6.43. The molecule has 1 aromatic carbocycles. The maximum atomic E-state index is 13.5. The smallest absolute Gasteiger partial charge is 0.253 e. The van der Waals surface area contributed by atoms with Crippen molar-refractivity contribution in [2.45, 2.75) is 44.9 Å². The number of halogens is 1. The Morgan fingerprint density at radius 1 is 1.10 bits per heavy atom. The summed E-state index contributed by atoms with van der Waals surface area (Å²) in [4.78, 5) is 14.3. The van der Waals surface area contributed by atoms with Gasteiger partial charge in [-0.2, -0.15) is 0 Å². The highest BCUT2D eigenvalue weighted by Crippen LogP contribution is 2.44. The predicted molar refractivity (Wildman–Crippen MR) is 81.5 cm³/mol. The molecule has 4 heteroatoms. The molecular weight excluding hydrogens is 267 g/mol. The maximum absolute atomic E-state index is 13.5. The molecule has 0 unspecified atom stereocenters. The van der Waals surface area contributed by atoms with E-state index in [2.05, 4.69) is 0 Å². The fourth-order valence-corrected chi connectivity index (χ4v) is 3.83. The van der Waals surface area contributed by atoms with Crippen LogP contribution in [0.1, 0.15) is 55.3 Å². The number of anilines is 1. The molecule has 0 radical (unpaired) electrons. The van der Waals surface area contributed by atoms with Crippen molar-refractivity contribution < 1.29 is 9.18 Å². The molecule has 1 saturated carbocycles. The van der Waals surface area contributed by atoms with Gasteiger partial charge in [0.25, 0.3) is 5.91 Å². The monoisotopic (exact) mass is 290 g/mol. The summed E-state index contributed by atoms with van der Waals surface area (Å²) in [5, 5.41) is 0. The van der Waals surface area contributed by atoms with E-state index in [1.54, 1.807) is 6.07 Å². The van der Waals surface area contributed by atoms with Gasteiger partial charge in [0.15, 0.2) is 0 Å². The summed E-state index contributed by atoms with van der Waals surface area (Å²) in [6.45, 7) is 1.59. The van der Waals surface area contributed by atoms with Crippen LogP contribution < -0.4 is 5.73 Å². The highest BCUT2D eigenvalue weighted by Gasteiger charge is 2.36. The van der Waals surface area contributed by atoms with E-state index in [0.29, 0.717) is 11.0 Å². The minimum absolute atomic E-state index is 0.0699. The second-order valence-corrected chi connectivity index (χ2v) is 6.59. The van der Waals surface area contributed by atoms with Gasteiger partial charge < -0.3 is 10.6 Å². The number of hydrogen-bond acceptors (Lipinski definition) is 2. The number of nitrogens with two attached hydrogens (primary N) is 1. The molecule has 0 aromatic heterocycles. The summed E-state index contributed by atoms with van der Waals surface area (Å²) in [5.74, 6) is -0.582. The molecule has 1 aliphatic carbocycles. The van der Waals surface area contributed by atoms with Crippen LogP contribution in [-0.4, -0.2) is 23.9 Å². The number of nitrogens with zero attached hydrogens (tertiary/aromatic N) is 1. The highest BCUT2D eigenvalue weighted by atomic mass is 19.1. The molecule has 1 spiro atoms. The average molecular weight is 290 g/mol. The standard InChI is InChI=1S/C17H23FN2O/c18-14-12-13(4-5-15(14)19)16(21)20-10-8-17(9-11-20)6-2-1-3-7-17/h4-5,12H,1-3,6-11,19H2. The van der Waals surface area contributed by atoms with Crippen LogP contribution in [0.3, 0.4) is 0 Å². The lowest BCUT2D eigenvalue weighted by Crippen LogP contribution is -2.43. The first kappa shape index (κ1) is 14.4. The Balaban J connectivity index is 1.65. The third-order valence-electron chi connectivity index (χ3n) is 5.27. The van der Waals surface area contributed by atoms with Gasteiger partial charge in [0, 0.05) is 18.7 Å². The van der Waals surface area contributed by atoms with E-state index in [1.807, 2.05) is 4.90 Å². The third kappa shape index (κ3) is 2.89. The molecule has 21 heavy (non-hydrogen) atoms. The van der Waals surface area contributed by atoms with Crippen molar-refractivity contribution in [3.8, 4) is 0 Å². The fraction of sp³-hybridized carbons (Fsp3) is 0.588. The Labute approximate surface area is 125 Å². The molecule has 3 nitrogen and oxygen atoms in total. The van der Waals surface area contributed by atoms with Crippen molar-refractivity contribution >= 4 is 11.6 Å². The van der Waals surface area contributed by atoms with Crippen LogP contribution in [0.2, 0.25) is 0 Å². The van der Waals surface area contributed by atoms with E-state index in [0.717, 1.165) is 25.9 Å². The van der Waals surface area contributed by atoms with Gasteiger partial charge in [-0.1, -0.05) is 19.3 Å². The molecule has 3 rings (SSSR count). The summed E-state index contributed by atoms with van der Waals surface area (Å²) in [7, 11) is 0. The van der Waals surface area contributed by atoms with E-state index in [1.165, 1.54) is 44.2 Å². The molecule has 1 aromatic rings. The number of rotatable bonds is 1. The number of benzene rings is 1. The molecule has 0 atom stereocenters. The molecule has 2 fully saturated rings. The summed E-state index contributed by atoms with van der Waals surface area (Å²) in [6.07, 6.45) is 8.83. The first-order chi connectivity index (χ1) is 10.1. The average Bonchev–Trinajstić information content (AvgIpc) is 2.51. The van der Waals surface area contributed by atoms with Crippen molar-refractivity contribution in [2.24, 2.45) is 5.41 Å². The largest absolute Gasteiger partial charge is 0.396 e. The zero-order chi connectivity index (χ0) is 14.9. The van der Waals surface area contributed by atoms with Gasteiger partial charge in [0.2, 0.25) is 0 Å². The molecule has 2 N–H and O–H groups in total. The Hall–Kier alpha value is -1.58. The Bertz CT molecular complexity index is 528. The van der Waals surface area contributed by atoms with Crippen LogP contribution in [0.15, 0.2) is 18.2 Å². The van der Waals surface area contributed by atoms with E-state index in [-0.39, 0.29) is 11.6 Å². The zero-order valence-electron chi connectivity index (χ0n) is 12.4. The lowest BCUT2D eigenvalue weighted by molar-refractivity contribution is 0.0471. The normalized spacial score (nSPS) is 21.5. The second-order valence-electron chi connectivity index (χ2n) is 6.59. The number of amides is 1. The summed E-state index contributed by atoms with van der Waals surface area (Å²) < 4.78 is 13.5. The second kappa shape index (κ2) is 5.66. The Morgan fingerprint density at radius 3 is 2.38 bits per heavy atom. The zero-order valence-corrected chi connectivity index (χ0v) is 12.4. The minimum atomic E-state index is -0.512. The minimum Gasteiger partial charge on any atom is -0.396 e. The number of piperidine rings is 1. The van der Waals surface area contributed by atoms with E-state index in [4.69, 9.17) is 5.73 Å². The van der Waals surface area contributed by atoms with Gasteiger partial charge in [-0.3, -0.25) is 4.79 Å². The Morgan fingerprint density at radius 2 is 1.76 bits per heavy atom. The lowest BCUT2D eigenvalue weighted by Gasteiger charge is -2.44. The SMILES string of the molecule is Nc1ccc(C(=O)N2CCC3(CCCCC3)CC2)cc1F. The molecule has 0 bridgehead atoms. The van der Waals surface area contributed by atoms with Crippen LogP contribution >= 0.6 is 0 Å². The van der Waals surface area contributed by atoms with Crippen molar-refractivity contribution in [3.05, 3.63) is 29.6 Å². The number of carbonyl (C=O) groups excluding carboxylic acids is 1. The molecule has 114 valence electrons. The quantitative estimate of drug-likeness (QED) is 0.803. The summed E-state index contributed by atoms with van der Waals surface area (Å²) >= 11 is 0. The Kier molecular flexibility index (Phi) is 3.87. The van der Waals surface area contributed by atoms with E-state index < -0.39 is 5.82 Å². The van der Waals surface area contributed by atoms with Gasteiger partial charge in [-0.25, -0.2) is 4.39 Å². The summed E-state index contributed by atoms with van der Waals surface area (Å²) in [6, 6.07) is 4.34. The van der Waals surface area contributed by atoms with Crippen molar-refractivity contribution in [1.82, 2.24) is 4.90 Å². The first-order valence-electron chi connectivity index (χ1n) is 7.94. The number of nitrogen functional groups attached to an aromatic ring is 1. The first-order valence-corrected chi connectivity index (χ1v) is 7.94. The molecule has 2 aliphatic rings. The third-order valence-corrected chi connectivity index (χ3v) is 5.27. The topological polar surface area (TPSA) is 46.3 Å². The van der Waals surface area contributed by atoms with Crippen molar-refractivity contribution in [2.75, 3.05) is 18.8 Å². The van der Waals surface area contributed by atoms with Gasteiger partial charge in [0.05, 0.1) is 5.69 Å². The van der Waals surface area contributed by atoms with E-state index in [9.17, 15) is 9.18 Å². The van der Waals surface area contributed by atoms with Crippen LogP contribution in [-0.2, 0) is 0 Å². The molecule has 1 saturated heterocycles. The lowest BCUT2D eigenvalue weighted by atomic mass is 9.68. The number of carbonyl (C=O) groups is 1. The fourth-order valence-electron chi connectivity index (χ4n) is 3.83. The molecular formula is C17H23FN2O. The number of hydrogen-bond donors (Lipinski definition) is 1. The van der Waals surface area contributed by atoms with Crippen LogP contribution in [0.25, 0.3) is 0 Å². The van der Waals surface area contributed by atoms with Gasteiger partial charge in [0.1, 0.15) is 5.82 Å². The van der Waals surface area contributed by atoms with Gasteiger partial charge in [-0.15, -0.1) is 0 Å². The van der Waals surface area contributed by atoms with Crippen LogP contribution in [0.4, 0.5) is 10.1 Å². The molecule has 1 heterocycles. The highest BCUT2D eigenvalue weighted by molar-refractivity contribution is 5.94. The van der Waals surface area contributed by atoms with Crippen molar-refractivity contribution in [3.63, 3.8) is 0 Å².